The van der Waals surface area contributed by atoms with Crippen molar-refractivity contribution in [1.82, 2.24) is 19.9 Å². The number of ether oxygens (including phenoxy) is 1. The molecule has 10 heteroatoms. The molecule has 1 aliphatic rings. The van der Waals surface area contributed by atoms with Crippen molar-refractivity contribution >= 4 is 40.6 Å². The summed E-state index contributed by atoms with van der Waals surface area (Å²) in [5.41, 5.74) is 4.21. The van der Waals surface area contributed by atoms with Crippen molar-refractivity contribution in [3.05, 3.63) is 94.6 Å². The number of anilines is 1. The molecule has 5 rings (SSSR count). The van der Waals surface area contributed by atoms with Gasteiger partial charge < -0.3 is 15.0 Å². The fourth-order valence-corrected chi connectivity index (χ4v) is 6.82. The minimum atomic E-state index is -0.690. The number of carbonyl (C=O) groups is 2. The van der Waals surface area contributed by atoms with Gasteiger partial charge in [0.2, 0.25) is 11.8 Å². The van der Waals surface area contributed by atoms with Crippen molar-refractivity contribution < 1.29 is 14.3 Å². The van der Waals surface area contributed by atoms with Crippen molar-refractivity contribution in [2.45, 2.75) is 50.9 Å². The van der Waals surface area contributed by atoms with E-state index in [2.05, 4.69) is 27.4 Å². The van der Waals surface area contributed by atoms with Crippen LogP contribution >= 0.6 is 23.1 Å². The number of thioether (sulfide) groups is 1. The highest BCUT2D eigenvalue weighted by atomic mass is 32.2. The molecule has 2 amide bonds. The van der Waals surface area contributed by atoms with Gasteiger partial charge in [-0.2, -0.15) is 0 Å². The number of hydrogen-bond donors (Lipinski definition) is 1. The van der Waals surface area contributed by atoms with Gasteiger partial charge in [-0.15, -0.1) is 11.3 Å². The summed E-state index contributed by atoms with van der Waals surface area (Å²) in [6.07, 6.45) is 6.63. The molecule has 1 aliphatic carbocycles. The fraction of sp³-hybridized carbons (Fsp3) is 0.303. The fourth-order valence-electron chi connectivity index (χ4n) is 5.18. The van der Waals surface area contributed by atoms with E-state index in [1.165, 1.54) is 23.1 Å². The van der Waals surface area contributed by atoms with Crippen LogP contribution in [0, 0.1) is 19.8 Å². The SMILES string of the molecule is COc1ccc(NC(=O)[C@H]([C@H]2CC=CCC2)N(Cc2nc(-c3ccccc3)cs2)C(=O)CSc2nc(C)cc(C)n2)cc1. The Morgan fingerprint density at radius 2 is 1.79 bits per heavy atom. The molecule has 0 spiro atoms. The van der Waals surface area contributed by atoms with E-state index >= 15 is 0 Å². The Morgan fingerprint density at radius 1 is 1.05 bits per heavy atom. The zero-order chi connectivity index (χ0) is 30.2. The predicted molar refractivity (Wildman–Crippen MR) is 172 cm³/mol. The number of carbonyl (C=O) groups excluding carboxylic acids is 2. The highest BCUT2D eigenvalue weighted by Gasteiger charge is 2.37. The quantitative estimate of drug-likeness (QED) is 0.114. The molecule has 43 heavy (non-hydrogen) atoms. The summed E-state index contributed by atoms with van der Waals surface area (Å²) < 4.78 is 5.27. The topological polar surface area (TPSA) is 97.3 Å². The highest BCUT2D eigenvalue weighted by molar-refractivity contribution is 7.99. The second kappa shape index (κ2) is 14.4. The minimum Gasteiger partial charge on any atom is -0.497 e. The van der Waals surface area contributed by atoms with Crippen molar-refractivity contribution in [2.24, 2.45) is 5.92 Å². The first-order valence-electron chi connectivity index (χ1n) is 14.2. The first kappa shape index (κ1) is 30.4. The summed E-state index contributed by atoms with van der Waals surface area (Å²) in [6.45, 7) is 4.05. The molecular formula is C33H35N5O3S2. The average Bonchev–Trinajstić information content (AvgIpc) is 3.49. The van der Waals surface area contributed by atoms with E-state index in [1.807, 2.05) is 55.6 Å². The van der Waals surface area contributed by atoms with Gasteiger partial charge in [0.05, 0.1) is 25.1 Å². The summed E-state index contributed by atoms with van der Waals surface area (Å²) in [4.78, 5) is 43.8. The smallest absolute Gasteiger partial charge is 0.247 e. The van der Waals surface area contributed by atoms with Gasteiger partial charge in [-0.25, -0.2) is 15.0 Å². The van der Waals surface area contributed by atoms with E-state index in [1.54, 1.807) is 36.3 Å². The number of nitrogens with one attached hydrogen (secondary N) is 1. The van der Waals surface area contributed by atoms with Gasteiger partial charge in [0.25, 0.3) is 0 Å². The Labute approximate surface area is 260 Å². The first-order chi connectivity index (χ1) is 20.9. The van der Waals surface area contributed by atoms with Crippen LogP contribution in [0.3, 0.4) is 0 Å². The van der Waals surface area contributed by atoms with Crippen LogP contribution in [0.5, 0.6) is 5.75 Å². The molecule has 0 bridgehead atoms. The van der Waals surface area contributed by atoms with Crippen LogP contribution in [0.1, 0.15) is 35.7 Å². The zero-order valence-corrected chi connectivity index (χ0v) is 26.2. The van der Waals surface area contributed by atoms with Crippen LogP contribution in [0.15, 0.2) is 83.4 Å². The van der Waals surface area contributed by atoms with E-state index in [-0.39, 0.29) is 30.0 Å². The predicted octanol–water partition coefficient (Wildman–Crippen LogP) is 6.71. The van der Waals surface area contributed by atoms with Crippen LogP contribution in [0.25, 0.3) is 11.3 Å². The highest BCUT2D eigenvalue weighted by Crippen LogP contribution is 2.30. The molecule has 0 saturated heterocycles. The van der Waals surface area contributed by atoms with E-state index in [0.29, 0.717) is 23.0 Å². The molecule has 222 valence electrons. The van der Waals surface area contributed by atoms with Crippen molar-refractivity contribution in [2.75, 3.05) is 18.2 Å². The van der Waals surface area contributed by atoms with Crippen LogP contribution < -0.4 is 10.1 Å². The number of thiazole rings is 1. The number of aryl methyl sites for hydroxylation is 2. The van der Waals surface area contributed by atoms with Gasteiger partial charge in [0.15, 0.2) is 5.16 Å². The van der Waals surface area contributed by atoms with Crippen molar-refractivity contribution in [1.29, 1.82) is 0 Å². The Morgan fingerprint density at radius 3 is 2.47 bits per heavy atom. The molecule has 0 saturated carbocycles. The average molecular weight is 614 g/mol. The molecule has 4 aromatic rings. The number of hydrogen-bond acceptors (Lipinski definition) is 8. The summed E-state index contributed by atoms with van der Waals surface area (Å²) in [5.74, 6) is 0.393. The van der Waals surface area contributed by atoms with Gasteiger partial charge in [-0.3, -0.25) is 9.59 Å². The van der Waals surface area contributed by atoms with Gasteiger partial charge in [0.1, 0.15) is 16.8 Å². The van der Waals surface area contributed by atoms with Crippen LogP contribution in [-0.2, 0) is 16.1 Å². The lowest BCUT2D eigenvalue weighted by atomic mass is 9.86. The molecule has 8 nitrogen and oxygen atoms in total. The van der Waals surface area contributed by atoms with Gasteiger partial charge in [-0.05, 0) is 69.4 Å². The van der Waals surface area contributed by atoms with E-state index in [9.17, 15) is 9.59 Å². The number of aromatic nitrogens is 3. The van der Waals surface area contributed by atoms with Crippen molar-refractivity contribution in [3.8, 4) is 17.0 Å². The lowest BCUT2D eigenvalue weighted by molar-refractivity contribution is -0.139. The van der Waals surface area contributed by atoms with E-state index in [0.717, 1.165) is 40.5 Å². The zero-order valence-electron chi connectivity index (χ0n) is 24.5. The second-order valence-corrected chi connectivity index (χ2v) is 12.3. The molecule has 2 atom stereocenters. The molecule has 2 aromatic heterocycles. The molecule has 0 fully saturated rings. The summed E-state index contributed by atoms with van der Waals surface area (Å²) in [5, 5.41) is 6.39. The number of rotatable bonds is 11. The summed E-state index contributed by atoms with van der Waals surface area (Å²) in [6, 6.07) is 18.4. The third kappa shape index (κ3) is 8.09. The van der Waals surface area contributed by atoms with Gasteiger partial charge in [0, 0.05) is 28.0 Å². The molecular weight excluding hydrogens is 579 g/mol. The van der Waals surface area contributed by atoms with E-state index < -0.39 is 6.04 Å². The standard InChI is InChI=1S/C33H35N5O3S2/c1-22-18-23(2)35-33(34-22)43-21-30(39)38(19-29-37-28(20-42-29)24-10-6-4-7-11-24)31(25-12-8-5-9-13-25)32(40)36-26-14-16-27(41-3)17-15-26/h4-8,10-11,14-18,20,25,31H,9,12-13,19,21H2,1-3H3,(H,36,40)/t25-,31-/m0/s1. The maximum Gasteiger partial charge on any atom is 0.247 e. The Kier molecular flexibility index (Phi) is 10.2. The van der Waals surface area contributed by atoms with Crippen LogP contribution in [0.2, 0.25) is 0 Å². The third-order valence-electron chi connectivity index (χ3n) is 7.25. The van der Waals surface area contributed by atoms with E-state index in [4.69, 9.17) is 9.72 Å². The van der Waals surface area contributed by atoms with Crippen LogP contribution in [-0.4, -0.2) is 50.6 Å². The largest absolute Gasteiger partial charge is 0.497 e. The number of methoxy groups -OCH3 is 1. The number of amides is 2. The Hall–Kier alpha value is -4.02. The molecule has 0 unspecified atom stereocenters. The first-order valence-corrected chi connectivity index (χ1v) is 16.1. The summed E-state index contributed by atoms with van der Waals surface area (Å²) >= 11 is 2.79. The maximum absolute atomic E-state index is 14.1. The Balaban J connectivity index is 1.45. The second-order valence-electron chi connectivity index (χ2n) is 10.4. The molecule has 2 aromatic carbocycles. The van der Waals surface area contributed by atoms with Crippen LogP contribution in [0.4, 0.5) is 5.69 Å². The number of benzene rings is 2. The number of allylic oxidation sites excluding steroid dienone is 2. The lowest BCUT2D eigenvalue weighted by Crippen LogP contribution is -2.51. The number of nitrogens with zero attached hydrogens (tertiary/aromatic N) is 4. The normalized spacial score (nSPS) is 15.1. The van der Waals surface area contributed by atoms with Gasteiger partial charge >= 0.3 is 0 Å². The Bertz CT molecular complexity index is 1550. The lowest BCUT2D eigenvalue weighted by Gasteiger charge is -2.36. The molecule has 0 radical (unpaired) electrons. The monoisotopic (exact) mass is 613 g/mol. The molecule has 0 aliphatic heterocycles. The summed E-state index contributed by atoms with van der Waals surface area (Å²) in [7, 11) is 1.60. The van der Waals surface area contributed by atoms with Gasteiger partial charge in [-0.1, -0.05) is 54.2 Å². The molecule has 2 heterocycles. The maximum atomic E-state index is 14.1. The third-order valence-corrected chi connectivity index (χ3v) is 8.92. The minimum absolute atomic E-state index is 0.0387. The van der Waals surface area contributed by atoms with Crippen molar-refractivity contribution in [3.63, 3.8) is 0 Å². The molecule has 1 N–H and O–H groups in total.